The fourth-order valence-electron chi connectivity index (χ4n) is 3.20. The summed E-state index contributed by atoms with van der Waals surface area (Å²) in [6.07, 6.45) is 1.75. The molecular formula is C25H20N2O3S2. The van der Waals surface area contributed by atoms with E-state index in [1.165, 1.54) is 16.7 Å². The van der Waals surface area contributed by atoms with Crippen molar-refractivity contribution in [2.45, 2.75) is 6.92 Å². The molecular weight excluding hydrogens is 440 g/mol. The lowest BCUT2D eigenvalue weighted by atomic mass is 10.2. The number of thioether (sulfide) groups is 1. The third kappa shape index (κ3) is 5.07. The number of carbonyl (C=O) groups excluding carboxylic acids is 2. The molecule has 0 spiro atoms. The van der Waals surface area contributed by atoms with Crippen LogP contribution in [0.25, 0.3) is 6.08 Å². The molecule has 3 aromatic rings. The van der Waals surface area contributed by atoms with Crippen molar-refractivity contribution in [3.8, 4) is 5.75 Å². The van der Waals surface area contributed by atoms with Crippen LogP contribution >= 0.6 is 24.0 Å². The van der Waals surface area contributed by atoms with Crippen molar-refractivity contribution in [3.63, 3.8) is 0 Å². The fraction of sp³-hybridized carbons (Fsp3) is 0.0800. The van der Waals surface area contributed by atoms with Crippen LogP contribution in [0.2, 0.25) is 0 Å². The molecule has 0 saturated carbocycles. The van der Waals surface area contributed by atoms with Crippen LogP contribution in [0.4, 0.5) is 11.4 Å². The molecule has 0 radical (unpaired) electrons. The Morgan fingerprint density at radius 2 is 1.81 bits per heavy atom. The number of anilines is 2. The number of rotatable bonds is 6. The Morgan fingerprint density at radius 1 is 1.06 bits per heavy atom. The fourth-order valence-corrected chi connectivity index (χ4v) is 4.49. The van der Waals surface area contributed by atoms with Gasteiger partial charge in [0.2, 0.25) is 0 Å². The Morgan fingerprint density at radius 3 is 2.59 bits per heavy atom. The summed E-state index contributed by atoms with van der Waals surface area (Å²) >= 11 is 6.67. The second-order valence-electron chi connectivity index (χ2n) is 7.10. The van der Waals surface area contributed by atoms with Crippen LogP contribution < -0.4 is 15.0 Å². The van der Waals surface area contributed by atoms with Crippen molar-refractivity contribution in [3.05, 3.63) is 94.9 Å². The van der Waals surface area contributed by atoms with Crippen LogP contribution in [0, 0.1) is 6.92 Å². The summed E-state index contributed by atoms with van der Waals surface area (Å²) in [4.78, 5) is 27.3. The molecule has 0 atom stereocenters. The van der Waals surface area contributed by atoms with Gasteiger partial charge in [-0.2, -0.15) is 0 Å². The maximum Gasteiger partial charge on any atom is 0.270 e. The zero-order valence-corrected chi connectivity index (χ0v) is 18.9. The second-order valence-corrected chi connectivity index (χ2v) is 8.77. The van der Waals surface area contributed by atoms with Gasteiger partial charge in [0.25, 0.3) is 11.8 Å². The first-order valence-electron chi connectivity index (χ1n) is 9.92. The minimum Gasteiger partial charge on any atom is -0.483 e. The number of hydrogen-bond donors (Lipinski definition) is 1. The van der Waals surface area contributed by atoms with Crippen LogP contribution in [-0.2, 0) is 9.59 Å². The van der Waals surface area contributed by atoms with Crippen LogP contribution in [0.1, 0.15) is 11.1 Å². The zero-order valence-electron chi connectivity index (χ0n) is 17.3. The smallest absolute Gasteiger partial charge is 0.270 e. The van der Waals surface area contributed by atoms with Gasteiger partial charge in [0.15, 0.2) is 10.9 Å². The summed E-state index contributed by atoms with van der Waals surface area (Å²) in [5, 5.41) is 2.82. The number of nitrogens with zero attached hydrogens (tertiary/aromatic N) is 1. The highest BCUT2D eigenvalue weighted by atomic mass is 32.2. The molecule has 7 heteroatoms. The van der Waals surface area contributed by atoms with Gasteiger partial charge >= 0.3 is 0 Å². The molecule has 1 aliphatic heterocycles. The standard InChI is InChI=1S/C25H20N2O3S2/c1-17-8-7-10-19(14-17)26-23(28)16-30-21-13-6-5-9-18(21)15-22-24(29)27(25(31)32-22)20-11-3-2-4-12-20/h2-15H,16H2,1H3,(H,26,28)/b22-15-. The third-order valence-electron chi connectivity index (χ3n) is 4.67. The monoisotopic (exact) mass is 460 g/mol. The normalized spacial score (nSPS) is 14.7. The SMILES string of the molecule is Cc1cccc(NC(=O)COc2ccccc2/C=C2\SC(=S)N(c3ccccc3)C2=O)c1. The molecule has 1 N–H and O–H groups in total. The van der Waals surface area contributed by atoms with Gasteiger partial charge in [-0.25, -0.2) is 0 Å². The van der Waals surface area contributed by atoms with Crippen molar-refractivity contribution in [2.24, 2.45) is 0 Å². The number of para-hydroxylation sites is 2. The predicted molar refractivity (Wildman–Crippen MR) is 134 cm³/mol. The second kappa shape index (κ2) is 9.80. The van der Waals surface area contributed by atoms with Crippen molar-refractivity contribution >= 4 is 57.6 Å². The van der Waals surface area contributed by atoms with Crippen LogP contribution in [-0.4, -0.2) is 22.7 Å². The lowest BCUT2D eigenvalue weighted by Crippen LogP contribution is -2.27. The summed E-state index contributed by atoms with van der Waals surface area (Å²) in [5.41, 5.74) is 3.21. The number of thiocarbonyl (C=S) groups is 1. The summed E-state index contributed by atoms with van der Waals surface area (Å²) in [6, 6.07) is 24.1. The number of aryl methyl sites for hydroxylation is 1. The Kier molecular flexibility index (Phi) is 6.68. The molecule has 5 nitrogen and oxygen atoms in total. The van der Waals surface area contributed by atoms with Gasteiger partial charge in [-0.3, -0.25) is 14.5 Å². The first kappa shape index (κ1) is 21.8. The predicted octanol–water partition coefficient (Wildman–Crippen LogP) is 5.42. The summed E-state index contributed by atoms with van der Waals surface area (Å²) in [5.74, 6) is 0.0656. The quantitative estimate of drug-likeness (QED) is 0.393. The van der Waals surface area contributed by atoms with Gasteiger partial charge in [-0.15, -0.1) is 0 Å². The first-order valence-corrected chi connectivity index (χ1v) is 11.1. The highest BCUT2D eigenvalue weighted by molar-refractivity contribution is 8.27. The van der Waals surface area contributed by atoms with E-state index in [1.54, 1.807) is 12.1 Å². The van der Waals surface area contributed by atoms with E-state index in [0.717, 1.165) is 16.9 Å². The molecule has 160 valence electrons. The molecule has 0 bridgehead atoms. The van der Waals surface area contributed by atoms with E-state index in [9.17, 15) is 9.59 Å². The molecule has 0 aliphatic carbocycles. The summed E-state index contributed by atoms with van der Waals surface area (Å²) in [6.45, 7) is 1.81. The molecule has 32 heavy (non-hydrogen) atoms. The van der Waals surface area contributed by atoms with Crippen molar-refractivity contribution in [1.29, 1.82) is 0 Å². The van der Waals surface area contributed by atoms with E-state index in [0.29, 0.717) is 20.5 Å². The summed E-state index contributed by atoms with van der Waals surface area (Å²) < 4.78 is 6.24. The Labute approximate surface area is 196 Å². The first-order chi connectivity index (χ1) is 15.5. The maximum atomic E-state index is 13.0. The molecule has 4 rings (SSSR count). The third-order valence-corrected chi connectivity index (χ3v) is 5.98. The van der Waals surface area contributed by atoms with Gasteiger partial charge in [0.05, 0.1) is 10.6 Å². The van der Waals surface area contributed by atoms with Crippen molar-refractivity contribution < 1.29 is 14.3 Å². The van der Waals surface area contributed by atoms with Crippen molar-refractivity contribution in [2.75, 3.05) is 16.8 Å². The molecule has 0 aromatic heterocycles. The molecule has 1 aliphatic rings. The minimum atomic E-state index is -0.263. The minimum absolute atomic E-state index is 0.149. The molecule has 3 aromatic carbocycles. The summed E-state index contributed by atoms with van der Waals surface area (Å²) in [7, 11) is 0. The Hall–Kier alpha value is -3.42. The highest BCUT2D eigenvalue weighted by Gasteiger charge is 2.33. The van der Waals surface area contributed by atoms with Crippen LogP contribution in [0.3, 0.4) is 0 Å². The van der Waals surface area contributed by atoms with Gasteiger partial charge in [0, 0.05) is 11.3 Å². The maximum absolute atomic E-state index is 13.0. The van der Waals surface area contributed by atoms with E-state index in [-0.39, 0.29) is 18.4 Å². The molecule has 1 fully saturated rings. The topological polar surface area (TPSA) is 58.6 Å². The van der Waals surface area contributed by atoms with Gasteiger partial charge in [0.1, 0.15) is 5.75 Å². The average Bonchev–Trinajstić information content (AvgIpc) is 3.06. The van der Waals surface area contributed by atoms with E-state index in [4.69, 9.17) is 17.0 Å². The molecule has 2 amide bonds. The highest BCUT2D eigenvalue weighted by Crippen LogP contribution is 2.37. The molecule has 1 saturated heterocycles. The van der Waals surface area contributed by atoms with Gasteiger partial charge in [-0.05, 0) is 48.9 Å². The lowest BCUT2D eigenvalue weighted by molar-refractivity contribution is -0.118. The molecule has 0 unspecified atom stereocenters. The number of ether oxygens (including phenoxy) is 1. The zero-order chi connectivity index (χ0) is 22.5. The van der Waals surface area contributed by atoms with Crippen molar-refractivity contribution in [1.82, 2.24) is 0 Å². The lowest BCUT2D eigenvalue weighted by Gasteiger charge is -2.14. The van der Waals surface area contributed by atoms with Crippen LogP contribution in [0.5, 0.6) is 5.75 Å². The number of benzene rings is 3. The Bertz CT molecular complexity index is 1210. The average molecular weight is 461 g/mol. The van der Waals surface area contributed by atoms with Gasteiger partial charge in [-0.1, -0.05) is 72.5 Å². The Balaban J connectivity index is 1.48. The number of amides is 2. The van der Waals surface area contributed by atoms with E-state index in [2.05, 4.69) is 5.32 Å². The van der Waals surface area contributed by atoms with E-state index in [1.807, 2.05) is 79.7 Å². The largest absolute Gasteiger partial charge is 0.483 e. The number of hydrogen-bond acceptors (Lipinski definition) is 5. The number of carbonyl (C=O) groups is 2. The molecule has 1 heterocycles. The van der Waals surface area contributed by atoms with Gasteiger partial charge < -0.3 is 10.1 Å². The van der Waals surface area contributed by atoms with Crippen LogP contribution in [0.15, 0.2) is 83.8 Å². The van der Waals surface area contributed by atoms with E-state index >= 15 is 0 Å². The number of nitrogens with one attached hydrogen (secondary N) is 1. The van der Waals surface area contributed by atoms with E-state index < -0.39 is 0 Å².